The molecule has 0 heterocycles. The number of primary amides is 1. The standard InChI is InChI=1S/C8H11N3O4/c9-8(12)5-1-2-6(4-15-10)7(3-5)11(13)14/h1-3,13-14H,4,10H2,(H2,9,12). The SMILES string of the molecule is NOCc1ccc(C(N)=O)cc1N(O)O. The molecule has 1 aromatic rings. The van der Waals surface area contributed by atoms with E-state index >= 15 is 0 Å². The van der Waals surface area contributed by atoms with Gasteiger partial charge >= 0.3 is 0 Å². The highest BCUT2D eigenvalue weighted by Crippen LogP contribution is 2.20. The van der Waals surface area contributed by atoms with Crippen molar-refractivity contribution in [1.29, 1.82) is 0 Å². The van der Waals surface area contributed by atoms with Crippen LogP contribution in [0.5, 0.6) is 0 Å². The number of nitrogens with zero attached hydrogens (tertiary/aromatic N) is 1. The predicted octanol–water partition coefficient (Wildman–Crippen LogP) is -0.239. The molecule has 0 saturated heterocycles. The van der Waals surface area contributed by atoms with Crippen LogP contribution in [0.4, 0.5) is 5.69 Å². The Morgan fingerprint density at radius 1 is 1.47 bits per heavy atom. The third kappa shape index (κ3) is 2.64. The Morgan fingerprint density at radius 3 is 2.60 bits per heavy atom. The second kappa shape index (κ2) is 4.71. The minimum atomic E-state index is -0.668. The van der Waals surface area contributed by atoms with Crippen molar-refractivity contribution < 1.29 is 20.0 Å². The highest BCUT2D eigenvalue weighted by molar-refractivity contribution is 5.93. The summed E-state index contributed by atoms with van der Waals surface area (Å²) < 4.78 is 0. The first-order chi connectivity index (χ1) is 7.06. The molecule has 15 heavy (non-hydrogen) atoms. The van der Waals surface area contributed by atoms with E-state index in [1.165, 1.54) is 18.2 Å². The minimum absolute atomic E-state index is 0.0169. The molecule has 1 amide bonds. The first-order valence-corrected chi connectivity index (χ1v) is 3.98. The van der Waals surface area contributed by atoms with Crippen LogP contribution in [0.1, 0.15) is 15.9 Å². The topological polar surface area (TPSA) is 122 Å². The van der Waals surface area contributed by atoms with E-state index in [0.29, 0.717) is 5.56 Å². The number of hydrogen-bond donors (Lipinski definition) is 4. The first kappa shape index (κ1) is 11.4. The zero-order valence-corrected chi connectivity index (χ0v) is 7.75. The molecule has 7 nitrogen and oxygen atoms in total. The molecule has 82 valence electrons. The number of carbonyl (C=O) groups is 1. The molecule has 0 atom stereocenters. The minimum Gasteiger partial charge on any atom is -0.366 e. The van der Waals surface area contributed by atoms with Crippen LogP contribution < -0.4 is 16.9 Å². The van der Waals surface area contributed by atoms with Gasteiger partial charge in [-0.15, -0.1) is 5.23 Å². The average Bonchev–Trinajstić information content (AvgIpc) is 2.18. The van der Waals surface area contributed by atoms with Gasteiger partial charge in [0, 0.05) is 11.1 Å². The molecule has 0 aliphatic heterocycles. The Kier molecular flexibility index (Phi) is 3.58. The van der Waals surface area contributed by atoms with Crippen molar-refractivity contribution in [3.8, 4) is 0 Å². The van der Waals surface area contributed by atoms with Crippen molar-refractivity contribution in [2.75, 3.05) is 5.23 Å². The van der Waals surface area contributed by atoms with Crippen molar-refractivity contribution in [3.05, 3.63) is 29.3 Å². The summed E-state index contributed by atoms with van der Waals surface area (Å²) in [6.45, 7) is -0.0218. The van der Waals surface area contributed by atoms with Crippen LogP contribution >= 0.6 is 0 Å². The molecule has 0 aliphatic carbocycles. The normalized spacial score (nSPS) is 10.1. The smallest absolute Gasteiger partial charge is 0.248 e. The van der Waals surface area contributed by atoms with Gasteiger partial charge in [-0.1, -0.05) is 6.07 Å². The summed E-state index contributed by atoms with van der Waals surface area (Å²) in [5, 5.41) is 17.6. The van der Waals surface area contributed by atoms with Gasteiger partial charge in [0.2, 0.25) is 5.91 Å². The zero-order chi connectivity index (χ0) is 11.4. The second-order valence-corrected chi connectivity index (χ2v) is 2.81. The molecule has 0 unspecified atom stereocenters. The van der Waals surface area contributed by atoms with Crippen molar-refractivity contribution >= 4 is 11.6 Å². The first-order valence-electron chi connectivity index (χ1n) is 3.98. The molecule has 6 N–H and O–H groups in total. The molecule has 7 heteroatoms. The lowest BCUT2D eigenvalue weighted by Gasteiger charge is -2.13. The monoisotopic (exact) mass is 213 g/mol. The van der Waals surface area contributed by atoms with Gasteiger partial charge in [0.15, 0.2) is 0 Å². The molecular weight excluding hydrogens is 202 g/mol. The maximum Gasteiger partial charge on any atom is 0.248 e. The molecule has 0 spiro atoms. The molecule has 1 rings (SSSR count). The van der Waals surface area contributed by atoms with E-state index in [-0.39, 0.29) is 23.1 Å². The van der Waals surface area contributed by atoms with E-state index in [9.17, 15) is 4.79 Å². The van der Waals surface area contributed by atoms with Crippen molar-refractivity contribution in [1.82, 2.24) is 0 Å². The Hall–Kier alpha value is -1.67. The van der Waals surface area contributed by atoms with Crippen LogP contribution in [-0.4, -0.2) is 16.3 Å². The second-order valence-electron chi connectivity index (χ2n) is 2.81. The third-order valence-electron chi connectivity index (χ3n) is 1.82. The summed E-state index contributed by atoms with van der Waals surface area (Å²) in [5.41, 5.74) is 5.57. The quantitative estimate of drug-likeness (QED) is 0.512. The Labute approximate surface area is 85.3 Å². The highest BCUT2D eigenvalue weighted by atomic mass is 16.8. The van der Waals surface area contributed by atoms with Gasteiger partial charge in [0.05, 0.1) is 6.61 Å². The number of rotatable bonds is 4. The van der Waals surface area contributed by atoms with E-state index in [1.54, 1.807) is 0 Å². The molecule has 0 fully saturated rings. The molecule has 0 aromatic heterocycles. The largest absolute Gasteiger partial charge is 0.366 e. The van der Waals surface area contributed by atoms with E-state index in [0.717, 1.165) is 0 Å². The van der Waals surface area contributed by atoms with E-state index in [2.05, 4.69) is 4.84 Å². The number of amides is 1. The maximum absolute atomic E-state index is 10.8. The Balaban J connectivity index is 3.14. The Morgan fingerprint density at radius 2 is 2.13 bits per heavy atom. The third-order valence-corrected chi connectivity index (χ3v) is 1.82. The lowest BCUT2D eigenvalue weighted by molar-refractivity contribution is 0.0271. The maximum atomic E-state index is 10.8. The van der Waals surface area contributed by atoms with E-state index < -0.39 is 5.91 Å². The summed E-state index contributed by atoms with van der Waals surface area (Å²) in [6, 6.07) is 4.11. The van der Waals surface area contributed by atoms with Gasteiger partial charge in [-0.2, -0.15) is 0 Å². The number of nitrogens with two attached hydrogens (primary N) is 2. The summed E-state index contributed by atoms with van der Waals surface area (Å²) >= 11 is 0. The molecule has 0 bridgehead atoms. The zero-order valence-electron chi connectivity index (χ0n) is 7.75. The van der Waals surface area contributed by atoms with Gasteiger partial charge in [-0.25, -0.2) is 5.90 Å². The number of benzene rings is 1. The highest BCUT2D eigenvalue weighted by Gasteiger charge is 2.11. The summed E-state index contributed by atoms with van der Waals surface area (Å²) in [4.78, 5) is 15.2. The van der Waals surface area contributed by atoms with E-state index in [4.69, 9.17) is 22.0 Å². The summed E-state index contributed by atoms with van der Waals surface area (Å²) in [7, 11) is 0. The fourth-order valence-electron chi connectivity index (χ4n) is 1.12. The van der Waals surface area contributed by atoms with Gasteiger partial charge in [0.1, 0.15) is 5.69 Å². The molecule has 1 aromatic carbocycles. The van der Waals surface area contributed by atoms with Crippen molar-refractivity contribution in [2.24, 2.45) is 11.6 Å². The van der Waals surface area contributed by atoms with Crippen molar-refractivity contribution in [3.63, 3.8) is 0 Å². The van der Waals surface area contributed by atoms with Gasteiger partial charge < -0.3 is 5.73 Å². The predicted molar refractivity (Wildman–Crippen MR) is 50.0 cm³/mol. The molecular formula is C8H11N3O4. The van der Waals surface area contributed by atoms with Crippen LogP contribution in [0.3, 0.4) is 0 Å². The fraction of sp³-hybridized carbons (Fsp3) is 0.125. The van der Waals surface area contributed by atoms with Crippen LogP contribution in [0, 0.1) is 0 Å². The molecule has 0 radical (unpaired) electrons. The number of carbonyl (C=O) groups excluding carboxylic acids is 1. The summed E-state index contributed by atoms with van der Waals surface area (Å²) in [6.07, 6.45) is 0. The number of hydrogen-bond acceptors (Lipinski definition) is 6. The van der Waals surface area contributed by atoms with Crippen LogP contribution in [0.25, 0.3) is 0 Å². The van der Waals surface area contributed by atoms with Crippen molar-refractivity contribution in [2.45, 2.75) is 6.61 Å². The molecule has 0 aliphatic rings. The number of anilines is 1. The van der Waals surface area contributed by atoms with Crippen LogP contribution in [-0.2, 0) is 11.4 Å². The fourth-order valence-corrected chi connectivity index (χ4v) is 1.12. The average molecular weight is 213 g/mol. The van der Waals surface area contributed by atoms with Gasteiger partial charge in [-0.05, 0) is 12.1 Å². The molecule has 0 saturated carbocycles. The lowest BCUT2D eigenvalue weighted by atomic mass is 10.1. The van der Waals surface area contributed by atoms with Gasteiger partial charge in [0.25, 0.3) is 0 Å². The summed E-state index contributed by atoms with van der Waals surface area (Å²) in [5.74, 6) is 4.19. The van der Waals surface area contributed by atoms with Crippen LogP contribution in [0.15, 0.2) is 18.2 Å². The van der Waals surface area contributed by atoms with Crippen LogP contribution in [0.2, 0.25) is 0 Å². The Bertz CT molecular complexity index is 367. The van der Waals surface area contributed by atoms with Gasteiger partial charge in [-0.3, -0.25) is 20.0 Å². The van der Waals surface area contributed by atoms with E-state index in [1.807, 2.05) is 0 Å². The lowest BCUT2D eigenvalue weighted by Crippen LogP contribution is -2.17.